The second-order valence-electron chi connectivity index (χ2n) is 16.5. The van der Waals surface area contributed by atoms with Crippen molar-refractivity contribution >= 4 is 24.3 Å². The highest BCUT2D eigenvalue weighted by Gasteiger charge is 2.19. The number of anilines is 2. The highest BCUT2D eigenvalue weighted by atomic mass is 16.3. The third kappa shape index (κ3) is 34.2. The molecule has 0 heterocycles. The maximum absolute atomic E-state index is 12.0. The van der Waals surface area contributed by atoms with Gasteiger partial charge in [0.05, 0.1) is 0 Å². The van der Waals surface area contributed by atoms with E-state index in [1.54, 1.807) is 7.05 Å². The Morgan fingerprint density at radius 1 is 0.456 bits per heavy atom. The molecule has 9 nitrogen and oxygen atoms in total. The summed E-state index contributed by atoms with van der Waals surface area (Å²) in [6.07, 6.45) is 43.0. The molecule has 0 spiro atoms. The molecule has 0 unspecified atom stereocenters. The highest BCUT2D eigenvalue weighted by Crippen LogP contribution is 2.25. The van der Waals surface area contributed by atoms with Crippen LogP contribution in [0.25, 0.3) is 0 Å². The average molecular weight is 808 g/mol. The smallest absolute Gasteiger partial charge is 0.290 e. The molecule has 0 aliphatic heterocycles. The van der Waals surface area contributed by atoms with Gasteiger partial charge in [-0.1, -0.05) is 207 Å². The van der Waals surface area contributed by atoms with Gasteiger partial charge in [0.15, 0.2) is 0 Å². The summed E-state index contributed by atoms with van der Waals surface area (Å²) in [5, 5.41) is 19.9. The van der Waals surface area contributed by atoms with Crippen LogP contribution in [0.2, 0.25) is 0 Å². The Morgan fingerprint density at radius 2 is 0.772 bits per heavy atom. The van der Waals surface area contributed by atoms with Crippen LogP contribution < -0.4 is 21.5 Å². The summed E-state index contributed by atoms with van der Waals surface area (Å²) in [5.41, 5.74) is 0.168. The highest BCUT2D eigenvalue weighted by molar-refractivity contribution is 5.73. The van der Waals surface area contributed by atoms with Crippen LogP contribution in [0, 0.1) is 11.8 Å². The summed E-state index contributed by atoms with van der Waals surface area (Å²) in [5.74, 6) is 1.94. The van der Waals surface area contributed by atoms with E-state index < -0.39 is 0 Å². The fourth-order valence-electron chi connectivity index (χ4n) is 8.36. The van der Waals surface area contributed by atoms with Crippen molar-refractivity contribution in [2.24, 2.45) is 11.8 Å². The molecule has 0 aliphatic rings. The molecule has 1 rings (SSSR count). The Morgan fingerprint density at radius 3 is 1.14 bits per heavy atom. The topological polar surface area (TPSA) is 136 Å². The normalized spacial score (nSPS) is 11.1. The minimum absolute atomic E-state index is 0.250. The Kier molecular flexibility index (Phi) is 44.4. The number of carboxylic acid groups (broad SMARTS) is 2. The quantitative estimate of drug-likeness (QED) is 0.0290. The number of nitrogens with one attached hydrogen (secondary N) is 2. The molecule has 0 atom stereocenters. The maximum atomic E-state index is 12.0. The van der Waals surface area contributed by atoms with Crippen LogP contribution in [0.1, 0.15) is 227 Å². The Hall–Kier alpha value is -2.42. The first-order valence-corrected chi connectivity index (χ1v) is 24.0. The van der Waals surface area contributed by atoms with Gasteiger partial charge in [-0.2, -0.15) is 0 Å². The van der Waals surface area contributed by atoms with E-state index in [1.807, 2.05) is 0 Å². The van der Waals surface area contributed by atoms with Crippen LogP contribution in [-0.4, -0.2) is 61.3 Å². The van der Waals surface area contributed by atoms with Crippen molar-refractivity contribution in [3.63, 3.8) is 0 Å². The second kappa shape index (κ2) is 44.7. The minimum Gasteiger partial charge on any atom is -0.483 e. The summed E-state index contributed by atoms with van der Waals surface area (Å²) < 4.78 is 0. The molecule has 0 radical (unpaired) electrons. The van der Waals surface area contributed by atoms with E-state index in [1.165, 1.54) is 206 Å². The van der Waals surface area contributed by atoms with Gasteiger partial charge in [-0.3, -0.25) is 19.2 Å². The van der Waals surface area contributed by atoms with E-state index in [0.29, 0.717) is 11.4 Å². The van der Waals surface area contributed by atoms with E-state index in [4.69, 9.17) is 19.8 Å². The van der Waals surface area contributed by atoms with Gasteiger partial charge >= 0.3 is 0 Å². The number of hydrogen-bond donors (Lipinski definition) is 4. The molecule has 1 aromatic carbocycles. The molecule has 1 aromatic rings. The summed E-state index contributed by atoms with van der Waals surface area (Å²) >= 11 is 0. The molecule has 4 N–H and O–H groups in total. The van der Waals surface area contributed by atoms with Gasteiger partial charge in [0, 0.05) is 13.6 Å². The molecule has 9 heteroatoms. The van der Waals surface area contributed by atoms with Crippen molar-refractivity contribution in [2.75, 3.05) is 43.9 Å². The predicted octanol–water partition coefficient (Wildman–Crippen LogP) is 12.8. The van der Waals surface area contributed by atoms with Crippen LogP contribution in [0.3, 0.4) is 0 Å². The van der Waals surface area contributed by atoms with Crippen molar-refractivity contribution in [3.8, 4) is 0 Å². The van der Waals surface area contributed by atoms with Gasteiger partial charge in [-0.15, -0.1) is 0 Å². The number of nitrogens with zero attached hydrogens (tertiary/aromatic N) is 1. The zero-order valence-electron chi connectivity index (χ0n) is 38.0. The number of unbranched alkanes of at least 4 members (excludes halogenated alkanes) is 18. The van der Waals surface area contributed by atoms with Crippen LogP contribution in [0.15, 0.2) is 9.59 Å². The van der Waals surface area contributed by atoms with E-state index in [9.17, 15) is 9.59 Å². The first-order valence-electron chi connectivity index (χ1n) is 24.0. The summed E-state index contributed by atoms with van der Waals surface area (Å²) in [6.45, 7) is 13.0. The SMILES string of the molecule is CCCCCCCC(CCCCCCC)CCCCCCCN(CCCCCCCCCC(CCC)CCC)CCCNc1c(NC)c(=O)c1=O.O=CO.O=CO. The standard InChI is InChI=1S/C46H89N3O2.2CH2O2/c1-6-10-12-18-24-34-42(35-25-19-13-11-7-2)36-27-21-17-23-29-39-49(40-30-37-48-44-43(47-5)45(50)46(44)51)38-28-22-16-14-15-20-26-33-41(31-8-3)32-9-4;2*2-1-3/h41-42,47-48H,6-40H2,1-5H3;2*1H,(H,2,3). The van der Waals surface area contributed by atoms with Gasteiger partial charge in [-0.25, -0.2) is 0 Å². The molecule has 0 bridgehead atoms. The summed E-state index contributed by atoms with van der Waals surface area (Å²) in [4.78, 5) is 43.1. The maximum Gasteiger partial charge on any atom is 0.290 e. The Labute approximate surface area is 351 Å². The van der Waals surface area contributed by atoms with Crippen LogP contribution in [0.5, 0.6) is 0 Å². The van der Waals surface area contributed by atoms with Gasteiger partial charge < -0.3 is 25.7 Å². The van der Waals surface area contributed by atoms with Crippen LogP contribution in [0.4, 0.5) is 11.4 Å². The second-order valence-corrected chi connectivity index (χ2v) is 16.5. The van der Waals surface area contributed by atoms with E-state index >= 15 is 0 Å². The van der Waals surface area contributed by atoms with Crippen molar-refractivity contribution in [1.29, 1.82) is 0 Å². The van der Waals surface area contributed by atoms with Gasteiger partial charge in [0.2, 0.25) is 0 Å². The Balaban J connectivity index is 0. The third-order valence-corrected chi connectivity index (χ3v) is 11.6. The minimum atomic E-state index is -0.390. The molecule has 0 saturated heterocycles. The number of carbonyl (C=O) groups is 2. The van der Waals surface area contributed by atoms with E-state index in [-0.39, 0.29) is 23.8 Å². The number of rotatable bonds is 40. The van der Waals surface area contributed by atoms with Gasteiger partial charge in [0.25, 0.3) is 23.8 Å². The summed E-state index contributed by atoms with van der Waals surface area (Å²) in [6, 6.07) is 0. The van der Waals surface area contributed by atoms with Crippen molar-refractivity contribution in [3.05, 3.63) is 20.4 Å². The first-order chi connectivity index (χ1) is 27.8. The molecular weight excluding hydrogens is 715 g/mol. The molecule has 0 aromatic heterocycles. The molecule has 0 aliphatic carbocycles. The molecule has 57 heavy (non-hydrogen) atoms. The van der Waals surface area contributed by atoms with Crippen molar-refractivity contribution in [1.82, 2.24) is 4.90 Å². The number of hydrogen-bond acceptors (Lipinski definition) is 7. The zero-order valence-corrected chi connectivity index (χ0v) is 38.0. The van der Waals surface area contributed by atoms with E-state index in [0.717, 1.165) is 31.3 Å². The van der Waals surface area contributed by atoms with Gasteiger partial charge in [0.1, 0.15) is 11.4 Å². The molecule has 336 valence electrons. The lowest BCUT2D eigenvalue weighted by Crippen LogP contribution is -2.37. The molecule has 0 saturated carbocycles. The Bertz CT molecular complexity index is 1030. The van der Waals surface area contributed by atoms with Crippen LogP contribution in [-0.2, 0) is 9.59 Å². The van der Waals surface area contributed by atoms with E-state index in [2.05, 4.69) is 43.2 Å². The lowest BCUT2D eigenvalue weighted by Gasteiger charge is -2.23. The van der Waals surface area contributed by atoms with Crippen LogP contribution >= 0.6 is 0 Å². The molecular formula is C48H93N3O6. The van der Waals surface area contributed by atoms with Crippen molar-refractivity contribution < 1.29 is 19.8 Å². The van der Waals surface area contributed by atoms with Gasteiger partial charge in [-0.05, 0) is 50.7 Å². The fraction of sp³-hybridized carbons (Fsp3) is 0.875. The third-order valence-electron chi connectivity index (χ3n) is 11.6. The molecule has 0 fully saturated rings. The monoisotopic (exact) mass is 808 g/mol. The summed E-state index contributed by atoms with van der Waals surface area (Å²) in [7, 11) is 1.71. The van der Waals surface area contributed by atoms with Crippen molar-refractivity contribution in [2.45, 2.75) is 227 Å². The zero-order chi connectivity index (χ0) is 42.6. The largest absolute Gasteiger partial charge is 0.483 e. The molecule has 0 amide bonds. The lowest BCUT2D eigenvalue weighted by molar-refractivity contribution is -0.123. The average Bonchev–Trinajstić information content (AvgIpc) is 3.20. The lowest BCUT2D eigenvalue weighted by atomic mass is 9.89. The predicted molar refractivity (Wildman–Crippen MR) is 246 cm³/mol. The first kappa shape index (κ1) is 56.7. The fourth-order valence-corrected chi connectivity index (χ4v) is 8.36.